The molecule has 4 rings (SSSR count). The SMILES string of the molecule is C=C(/N=C1\C(=C/N)N=C(Nc2c(F)cc(F)cc2F)N1C1CCCC1)N[C@H]1CC[C@H](O)CC1. The number of aliphatic imine (C=N–C) groups is 2. The molecule has 1 aliphatic heterocycles. The summed E-state index contributed by atoms with van der Waals surface area (Å²) >= 11 is 0. The highest BCUT2D eigenvalue weighted by Crippen LogP contribution is 2.31. The van der Waals surface area contributed by atoms with Gasteiger partial charge in [0.15, 0.2) is 17.5 Å². The predicted octanol–water partition coefficient (Wildman–Crippen LogP) is 3.69. The summed E-state index contributed by atoms with van der Waals surface area (Å²) in [7, 11) is 0. The lowest BCUT2D eigenvalue weighted by molar-refractivity contribution is 0.118. The number of aliphatic hydroxyl groups excluding tert-OH is 1. The van der Waals surface area contributed by atoms with E-state index in [0.29, 0.717) is 29.5 Å². The topological polar surface area (TPSA) is 98.3 Å². The Labute approximate surface area is 191 Å². The number of anilines is 1. The Morgan fingerprint density at radius 3 is 2.36 bits per heavy atom. The summed E-state index contributed by atoms with van der Waals surface area (Å²) in [6, 6.07) is 1.39. The molecule has 0 bridgehead atoms. The third-order valence-corrected chi connectivity index (χ3v) is 6.31. The first-order valence-corrected chi connectivity index (χ1v) is 11.3. The Hall–Kier alpha value is -3.01. The van der Waals surface area contributed by atoms with Crippen molar-refractivity contribution >= 4 is 17.5 Å². The molecule has 1 heterocycles. The van der Waals surface area contributed by atoms with Crippen LogP contribution in [-0.2, 0) is 0 Å². The van der Waals surface area contributed by atoms with Crippen molar-refractivity contribution in [3.8, 4) is 0 Å². The van der Waals surface area contributed by atoms with Crippen molar-refractivity contribution in [2.75, 3.05) is 5.32 Å². The van der Waals surface area contributed by atoms with E-state index in [2.05, 4.69) is 27.2 Å². The number of hydrogen-bond donors (Lipinski definition) is 4. The molecule has 0 saturated heterocycles. The van der Waals surface area contributed by atoms with E-state index in [-0.39, 0.29) is 24.1 Å². The molecule has 33 heavy (non-hydrogen) atoms. The van der Waals surface area contributed by atoms with Crippen LogP contribution in [0.3, 0.4) is 0 Å². The van der Waals surface area contributed by atoms with E-state index in [0.717, 1.165) is 51.4 Å². The van der Waals surface area contributed by atoms with Gasteiger partial charge in [0.25, 0.3) is 0 Å². The Morgan fingerprint density at radius 1 is 1.12 bits per heavy atom. The minimum atomic E-state index is -1.06. The molecule has 10 heteroatoms. The Balaban J connectivity index is 1.60. The minimum Gasteiger partial charge on any atom is -0.403 e. The fraction of sp³-hybridized carbons (Fsp3) is 0.478. The molecule has 3 aliphatic rings. The van der Waals surface area contributed by atoms with Gasteiger partial charge in [-0.3, -0.25) is 4.90 Å². The fourth-order valence-corrected chi connectivity index (χ4v) is 4.65. The van der Waals surface area contributed by atoms with Gasteiger partial charge in [0.1, 0.15) is 23.0 Å². The summed E-state index contributed by atoms with van der Waals surface area (Å²) in [4.78, 5) is 10.9. The van der Waals surface area contributed by atoms with Gasteiger partial charge in [0.2, 0.25) is 5.96 Å². The van der Waals surface area contributed by atoms with Gasteiger partial charge in [0, 0.05) is 30.4 Å². The molecule has 0 atom stereocenters. The number of rotatable bonds is 5. The molecule has 0 aromatic heterocycles. The number of nitrogens with two attached hydrogens (primary N) is 1. The molecule has 5 N–H and O–H groups in total. The van der Waals surface area contributed by atoms with Crippen LogP contribution in [0.5, 0.6) is 0 Å². The van der Waals surface area contributed by atoms with Crippen LogP contribution < -0.4 is 16.4 Å². The molecule has 1 aromatic carbocycles. The average Bonchev–Trinajstić information content (AvgIpc) is 3.40. The molecule has 0 unspecified atom stereocenters. The van der Waals surface area contributed by atoms with Crippen LogP contribution in [0, 0.1) is 17.5 Å². The van der Waals surface area contributed by atoms with Crippen molar-refractivity contribution in [1.82, 2.24) is 10.2 Å². The fourth-order valence-electron chi connectivity index (χ4n) is 4.65. The van der Waals surface area contributed by atoms with Crippen LogP contribution >= 0.6 is 0 Å². The zero-order valence-electron chi connectivity index (χ0n) is 18.3. The number of hydrogen-bond acceptors (Lipinski definition) is 6. The van der Waals surface area contributed by atoms with Gasteiger partial charge in [-0.15, -0.1) is 0 Å². The maximum Gasteiger partial charge on any atom is 0.210 e. The second-order valence-corrected chi connectivity index (χ2v) is 8.70. The maximum absolute atomic E-state index is 14.3. The predicted molar refractivity (Wildman–Crippen MR) is 122 cm³/mol. The van der Waals surface area contributed by atoms with E-state index in [9.17, 15) is 18.3 Å². The zero-order chi connectivity index (χ0) is 23.5. The monoisotopic (exact) mass is 462 g/mol. The van der Waals surface area contributed by atoms with Crippen LogP contribution in [0.2, 0.25) is 0 Å². The highest BCUT2D eigenvalue weighted by molar-refractivity contribution is 6.18. The Kier molecular flexibility index (Phi) is 6.92. The lowest BCUT2D eigenvalue weighted by atomic mass is 9.93. The van der Waals surface area contributed by atoms with Gasteiger partial charge in [-0.05, 0) is 38.5 Å². The number of guanidine groups is 1. The van der Waals surface area contributed by atoms with Gasteiger partial charge in [-0.25, -0.2) is 23.2 Å². The molecule has 7 nitrogen and oxygen atoms in total. The van der Waals surface area contributed by atoms with Gasteiger partial charge < -0.3 is 21.5 Å². The van der Waals surface area contributed by atoms with Crippen molar-refractivity contribution in [3.63, 3.8) is 0 Å². The van der Waals surface area contributed by atoms with Crippen molar-refractivity contribution in [1.29, 1.82) is 0 Å². The van der Waals surface area contributed by atoms with Gasteiger partial charge in [-0.1, -0.05) is 19.4 Å². The molecule has 2 fully saturated rings. The number of nitrogens with one attached hydrogen (secondary N) is 2. The summed E-state index contributed by atoms with van der Waals surface area (Å²) in [5.74, 6) is -2.09. The first kappa shape index (κ1) is 23.2. The smallest absolute Gasteiger partial charge is 0.210 e. The van der Waals surface area contributed by atoms with E-state index in [1.165, 1.54) is 6.20 Å². The lowest BCUT2D eigenvalue weighted by Crippen LogP contribution is -2.44. The van der Waals surface area contributed by atoms with E-state index < -0.39 is 23.1 Å². The molecular weight excluding hydrogens is 433 g/mol. The van der Waals surface area contributed by atoms with E-state index in [1.54, 1.807) is 4.90 Å². The second-order valence-electron chi connectivity index (χ2n) is 8.70. The lowest BCUT2D eigenvalue weighted by Gasteiger charge is -2.29. The van der Waals surface area contributed by atoms with Crippen LogP contribution in [0.4, 0.5) is 18.9 Å². The van der Waals surface area contributed by atoms with Crippen molar-refractivity contribution < 1.29 is 18.3 Å². The van der Waals surface area contributed by atoms with Crippen LogP contribution in [0.15, 0.2) is 46.4 Å². The van der Waals surface area contributed by atoms with Gasteiger partial charge >= 0.3 is 0 Å². The highest BCUT2D eigenvalue weighted by Gasteiger charge is 2.36. The summed E-state index contributed by atoms with van der Waals surface area (Å²) in [5.41, 5.74) is 5.67. The normalized spacial score (nSPS) is 26.2. The van der Waals surface area contributed by atoms with Crippen molar-refractivity contribution in [2.24, 2.45) is 15.7 Å². The maximum atomic E-state index is 14.3. The van der Waals surface area contributed by atoms with E-state index in [4.69, 9.17) is 5.73 Å². The Morgan fingerprint density at radius 2 is 1.76 bits per heavy atom. The molecule has 178 valence electrons. The Bertz CT molecular complexity index is 971. The van der Waals surface area contributed by atoms with Crippen molar-refractivity contribution in [3.05, 3.63) is 53.9 Å². The zero-order valence-corrected chi connectivity index (χ0v) is 18.3. The third kappa shape index (κ3) is 5.16. The van der Waals surface area contributed by atoms with Gasteiger partial charge in [0.05, 0.1) is 6.10 Å². The average molecular weight is 463 g/mol. The number of benzene rings is 1. The quantitative estimate of drug-likeness (QED) is 0.535. The van der Waals surface area contributed by atoms with E-state index >= 15 is 0 Å². The molecule has 0 radical (unpaired) electrons. The molecular formula is C23H29F3N6O. The van der Waals surface area contributed by atoms with Crippen LogP contribution in [-0.4, -0.2) is 40.0 Å². The standard InChI is InChI=1S/C23H29F3N6O/c1-13(28-15-6-8-17(33)9-7-15)29-22-20(12-27)30-23(32(22)16-4-2-3-5-16)31-21-18(25)10-14(24)11-19(21)26/h10-12,15-17,28,33H,1-9,27H2,(H,30,31)/b20-12+,29-22+/t15-,17-. The minimum absolute atomic E-state index is 0.0108. The number of aliphatic hydroxyl groups is 1. The molecule has 1 aromatic rings. The van der Waals surface area contributed by atoms with Crippen LogP contribution in [0.25, 0.3) is 0 Å². The first-order valence-electron chi connectivity index (χ1n) is 11.3. The van der Waals surface area contributed by atoms with Crippen molar-refractivity contribution in [2.45, 2.75) is 69.6 Å². The summed E-state index contributed by atoms with van der Waals surface area (Å²) in [6.45, 7) is 4.02. The van der Waals surface area contributed by atoms with E-state index in [1.807, 2.05) is 0 Å². The summed E-state index contributed by atoms with van der Waals surface area (Å²) in [5, 5.41) is 15.7. The largest absolute Gasteiger partial charge is 0.403 e. The number of nitrogens with zero attached hydrogens (tertiary/aromatic N) is 3. The molecule has 2 saturated carbocycles. The summed E-state index contributed by atoms with van der Waals surface area (Å²) in [6.07, 6.45) is 7.79. The molecule has 2 aliphatic carbocycles. The first-order chi connectivity index (χ1) is 15.9. The second kappa shape index (κ2) is 9.86. The summed E-state index contributed by atoms with van der Waals surface area (Å²) < 4.78 is 42.0. The number of amidine groups is 1. The third-order valence-electron chi connectivity index (χ3n) is 6.31. The van der Waals surface area contributed by atoms with Gasteiger partial charge in [-0.2, -0.15) is 0 Å². The number of halogens is 3. The van der Waals surface area contributed by atoms with Crippen LogP contribution in [0.1, 0.15) is 51.4 Å². The molecule has 0 amide bonds. The highest BCUT2D eigenvalue weighted by atomic mass is 19.1. The molecule has 0 spiro atoms.